The average molecular weight is 1750 g/mol. The molecule has 0 bridgehead atoms. The minimum absolute atomic E-state index is 0.0157. The molecule has 0 amide bonds. The lowest BCUT2D eigenvalue weighted by Crippen LogP contribution is -2.61. The van der Waals surface area contributed by atoms with E-state index in [-0.39, 0.29) is 91.0 Å². The number of rotatable bonds is 10. The van der Waals surface area contributed by atoms with Gasteiger partial charge in [-0.25, -0.2) is 0 Å². The molecule has 5 heteroatoms. The van der Waals surface area contributed by atoms with Crippen LogP contribution in [0.4, 0.5) is 34.1 Å². The van der Waals surface area contributed by atoms with E-state index in [1.165, 1.54) is 33.4 Å². The Morgan fingerprint density at radius 1 is 0.226 bits per heavy atom. The van der Waals surface area contributed by atoms with Crippen molar-refractivity contribution in [3.8, 4) is 123 Å². The van der Waals surface area contributed by atoms with Crippen LogP contribution in [0.15, 0.2) is 473 Å². The van der Waals surface area contributed by atoms with Gasteiger partial charge >= 0.3 is 0 Å². The van der Waals surface area contributed by atoms with Gasteiger partial charge in [-0.2, -0.15) is 0 Å². The van der Waals surface area contributed by atoms with E-state index in [1.807, 2.05) is 60.7 Å². The van der Waals surface area contributed by atoms with E-state index in [0.29, 0.717) is 33.9 Å². The van der Waals surface area contributed by atoms with Gasteiger partial charge in [0.05, 0.1) is 63.5 Å². The van der Waals surface area contributed by atoms with Gasteiger partial charge in [0.1, 0.15) is 0 Å². The lowest BCUT2D eigenvalue weighted by Gasteiger charge is -2.46. The van der Waals surface area contributed by atoms with Crippen molar-refractivity contribution in [1.29, 1.82) is 0 Å². The standard InChI is InChI=1S/C132H87BN4/c1-130(2,3)92-78-127-129-128(79-92)137(122-69-59-87(83-34-10-5-11-35-83)73-106(122)91-57-65-102-100-45-21-29-53-114(100)132(116(102)77-91)111-50-26-18-42-97(111)98-43-19-27-51-112(98)132)126-81-94(135-120-55-31-23-47-104(120)108-75-89(61-71-124(108)135)85-38-14-7-15-39-85)63-67-118(126)133(129)117-66-62-93(134-119-54-30-22-46-103(119)107-74-88(60-70-123(107)134)84-36-12-6-13-37-84)80-125(117)136(127)121-68-58-86(82-32-8-4-9-33-82)72-105(121)90-56-64-101-99-44-20-28-52-113(99)131(115(101)76-90)109-48-24-16-40-95(109)96-41-17-25-49-110(96)131/h4-81H,1-3H3/i22D,23D,30D,31D,46D,47D,54D,55D,60D,61D,70D,71D,74D,75D. The van der Waals surface area contributed by atoms with Crippen LogP contribution < -0.4 is 26.2 Å². The monoisotopic (exact) mass is 1750 g/mol. The summed E-state index contributed by atoms with van der Waals surface area (Å²) >= 11 is 0. The maximum atomic E-state index is 10.6. The number of anilines is 6. The molecule has 0 unspecified atom stereocenters. The van der Waals surface area contributed by atoms with Crippen molar-refractivity contribution in [2.24, 2.45) is 0 Å². The molecule has 0 N–H and O–H groups in total. The molecule has 2 aromatic heterocycles. The Bertz CT molecular complexity index is 9340. The number of hydrogen-bond donors (Lipinski definition) is 0. The van der Waals surface area contributed by atoms with Crippen molar-refractivity contribution in [2.75, 3.05) is 9.80 Å². The first-order valence-corrected chi connectivity index (χ1v) is 47.0. The summed E-state index contributed by atoms with van der Waals surface area (Å²) < 4.78 is 145. The summed E-state index contributed by atoms with van der Waals surface area (Å²) in [6.45, 7) is 5.90. The third kappa shape index (κ3) is 11.0. The highest BCUT2D eigenvalue weighted by atomic mass is 15.2. The molecule has 0 saturated heterocycles. The predicted molar refractivity (Wildman–Crippen MR) is 573 cm³/mol. The van der Waals surface area contributed by atoms with Gasteiger partial charge in [-0.3, -0.25) is 0 Å². The van der Waals surface area contributed by atoms with Gasteiger partial charge in [0.15, 0.2) is 0 Å². The van der Waals surface area contributed by atoms with Crippen LogP contribution in [0.5, 0.6) is 0 Å². The van der Waals surface area contributed by atoms with Crippen LogP contribution in [0.1, 0.15) is 90.0 Å². The van der Waals surface area contributed by atoms with Crippen molar-refractivity contribution >= 4 is 101 Å². The topological polar surface area (TPSA) is 16.3 Å². The van der Waals surface area contributed by atoms with Crippen molar-refractivity contribution < 1.29 is 19.2 Å². The second-order valence-corrected chi connectivity index (χ2v) is 38.1. The molecule has 29 rings (SSSR count). The molecular weight excluding hydrogens is 1650 g/mol. The fourth-order valence-corrected chi connectivity index (χ4v) is 24.3. The van der Waals surface area contributed by atoms with Crippen molar-refractivity contribution in [3.05, 3.63) is 523 Å². The highest BCUT2D eigenvalue weighted by Crippen LogP contribution is 2.66. The van der Waals surface area contributed by atoms with Gasteiger partial charge in [0.25, 0.3) is 6.71 Å². The van der Waals surface area contributed by atoms with E-state index in [4.69, 9.17) is 0 Å². The largest absolute Gasteiger partial charge is 0.311 e. The highest BCUT2D eigenvalue weighted by molar-refractivity contribution is 7.00. The first kappa shape index (κ1) is 64.7. The van der Waals surface area contributed by atoms with Gasteiger partial charge in [-0.05, 0) is 281 Å². The predicted octanol–water partition coefficient (Wildman–Crippen LogP) is 31.9. The summed E-state index contributed by atoms with van der Waals surface area (Å²) in [6.07, 6.45) is 0. The lowest BCUT2D eigenvalue weighted by atomic mass is 9.33. The van der Waals surface area contributed by atoms with Crippen LogP contribution in [0.25, 0.3) is 166 Å². The second-order valence-electron chi connectivity index (χ2n) is 38.1. The molecule has 2 aliphatic heterocycles. The van der Waals surface area contributed by atoms with Crippen molar-refractivity contribution in [1.82, 2.24) is 9.13 Å². The molecule has 0 fully saturated rings. The average Bonchev–Trinajstić information content (AvgIpc) is 1.23. The van der Waals surface area contributed by atoms with Gasteiger partial charge < -0.3 is 18.9 Å². The minimum atomic E-state index is -0.786. The van der Waals surface area contributed by atoms with Crippen LogP contribution in [0, 0.1) is 0 Å². The molecule has 4 aliphatic carbocycles. The summed E-state index contributed by atoms with van der Waals surface area (Å²) in [6, 6.07) is 131. The molecule has 0 radical (unpaired) electrons. The second kappa shape index (κ2) is 29.2. The van der Waals surface area contributed by atoms with Crippen LogP contribution in [0.2, 0.25) is 0 Å². The van der Waals surface area contributed by atoms with Crippen LogP contribution in [-0.4, -0.2) is 15.8 Å². The maximum absolute atomic E-state index is 10.6. The van der Waals surface area contributed by atoms with E-state index in [9.17, 15) is 19.2 Å². The van der Waals surface area contributed by atoms with E-state index in [0.717, 1.165) is 145 Å². The third-order valence-electron chi connectivity index (χ3n) is 30.2. The van der Waals surface area contributed by atoms with Gasteiger partial charge in [0.2, 0.25) is 0 Å². The number of fused-ring (bicyclic) bond motifs is 30. The zero-order valence-corrected chi connectivity index (χ0v) is 74.8. The molecule has 21 aromatic carbocycles. The molecular formula is C132H87BN4. The van der Waals surface area contributed by atoms with Gasteiger partial charge in [0, 0.05) is 66.8 Å². The molecule has 0 atom stereocenters. The van der Waals surface area contributed by atoms with Gasteiger partial charge in [-0.1, -0.05) is 385 Å². The summed E-state index contributed by atoms with van der Waals surface area (Å²) in [5, 5.41) is 0.220. The van der Waals surface area contributed by atoms with Crippen LogP contribution in [0.3, 0.4) is 0 Å². The van der Waals surface area contributed by atoms with E-state index in [1.54, 1.807) is 33.4 Å². The third-order valence-corrected chi connectivity index (χ3v) is 30.2. The summed E-state index contributed by atoms with van der Waals surface area (Å²) in [4.78, 5) is 4.78. The Kier molecular flexibility index (Phi) is 13.8. The molecule has 0 saturated carbocycles. The maximum Gasteiger partial charge on any atom is 0.252 e. The number of hydrogen-bond acceptors (Lipinski definition) is 2. The van der Waals surface area contributed by atoms with Gasteiger partial charge in [-0.15, -0.1) is 0 Å². The Labute approximate surface area is 816 Å². The van der Waals surface area contributed by atoms with E-state index >= 15 is 0 Å². The number of benzene rings is 21. The first-order chi connectivity index (χ1) is 73.4. The molecule has 137 heavy (non-hydrogen) atoms. The van der Waals surface area contributed by atoms with Crippen molar-refractivity contribution in [2.45, 2.75) is 37.0 Å². The Balaban J connectivity index is 0.767. The highest BCUT2D eigenvalue weighted by Gasteiger charge is 2.55. The quantitative estimate of drug-likeness (QED) is 0.127. The Morgan fingerprint density at radius 2 is 0.540 bits per heavy atom. The molecule has 23 aromatic rings. The summed E-state index contributed by atoms with van der Waals surface area (Å²) in [5.74, 6) is 0. The minimum Gasteiger partial charge on any atom is -0.311 e. The summed E-state index contributed by atoms with van der Waals surface area (Å²) in [5.41, 5.74) is 33.3. The molecule has 4 nitrogen and oxygen atoms in total. The first-order valence-electron chi connectivity index (χ1n) is 54.0. The fourth-order valence-electron chi connectivity index (χ4n) is 24.3. The smallest absolute Gasteiger partial charge is 0.252 e. The summed E-state index contributed by atoms with van der Waals surface area (Å²) in [7, 11) is 0. The van der Waals surface area contributed by atoms with Crippen molar-refractivity contribution in [3.63, 3.8) is 0 Å². The van der Waals surface area contributed by atoms with E-state index in [2.05, 4.69) is 334 Å². The van der Waals surface area contributed by atoms with E-state index < -0.39 is 71.3 Å². The Morgan fingerprint density at radius 3 is 0.898 bits per heavy atom. The number of aromatic nitrogens is 2. The molecule has 4 heterocycles. The normalized spacial score (nSPS) is 15.2. The zero-order valence-electron chi connectivity index (χ0n) is 88.8. The number of para-hydroxylation sites is 2. The van der Waals surface area contributed by atoms with Crippen LogP contribution >= 0.6 is 0 Å². The fraction of sp³-hybridized carbons (Fsp3) is 0.0455. The lowest BCUT2D eigenvalue weighted by molar-refractivity contribution is 0.590. The SMILES string of the molecule is [2H]c1c([2H])c([2H])c2c(c1[2H])c1c([2H])c(-c3ccccc3)c([2H])c([2H])c1n2-c1ccc2c(c1)N(c1ccc(-c3ccccc3)cc1-c1ccc3c(c1)C1(c4ccccc4-c4ccccc41)c1ccccc1-3)c1cc(C(C)(C)C)cc3c1B2c1ccc(-n2c4c([2H])c([2H])c([2H])c([2H])c4c4c([2H])c(-c5ccccc5)c([2H])c([2H])c42)cc1N3c1ccc(-c2ccccc2)cc1-c1ccc2c(c1)C1(c3ccccc3-c3ccccc31)c1ccccc1-2. The number of nitrogens with zero attached hydrogens (tertiary/aromatic N) is 4. The Hall–Kier alpha value is -17.1. The van der Waals surface area contributed by atoms with Crippen LogP contribution in [-0.2, 0) is 16.2 Å². The zero-order chi connectivity index (χ0) is 102. The molecule has 6 aliphatic rings. The molecule has 2 spiro atoms. The molecule has 638 valence electrons.